The minimum absolute atomic E-state index is 0.106. The molecule has 47 heavy (non-hydrogen) atoms. The Morgan fingerprint density at radius 3 is 2.15 bits per heavy atom. The molecule has 12 nitrogen and oxygen atoms in total. The lowest BCUT2D eigenvalue weighted by Crippen LogP contribution is -2.58. The number of hydrogen-bond acceptors (Lipinski definition) is 7. The van der Waals surface area contributed by atoms with Gasteiger partial charge < -0.3 is 36.6 Å². The number of carbonyl (C=O) groups is 5. The second-order valence-electron chi connectivity index (χ2n) is 12.6. The number of hydrogen-bond donors (Lipinski definition) is 5. The van der Waals surface area contributed by atoms with Crippen LogP contribution in [-0.2, 0) is 36.8 Å². The minimum atomic E-state index is -0.993. The van der Waals surface area contributed by atoms with Gasteiger partial charge in [0.2, 0.25) is 29.5 Å². The molecule has 2 aromatic rings. The molecule has 6 N–H and O–H groups in total. The zero-order valence-electron chi connectivity index (χ0n) is 27.3. The Balaban J connectivity index is 1.43. The first-order chi connectivity index (χ1) is 22.6. The van der Waals surface area contributed by atoms with Gasteiger partial charge in [0, 0.05) is 25.6 Å². The average Bonchev–Trinajstić information content (AvgIpc) is 3.73. The van der Waals surface area contributed by atoms with Crippen LogP contribution in [0, 0.1) is 0 Å². The average molecular weight is 649 g/mol. The number of rotatable bonds is 14. The van der Waals surface area contributed by atoms with Crippen molar-refractivity contribution >= 4 is 29.5 Å². The Hall–Kier alpha value is -4.45. The Morgan fingerprint density at radius 1 is 0.851 bits per heavy atom. The van der Waals surface area contributed by atoms with E-state index in [1.54, 1.807) is 17.0 Å². The first-order valence-corrected chi connectivity index (χ1v) is 16.6. The quantitative estimate of drug-likeness (QED) is 0.206. The molecule has 0 aromatic heterocycles. The van der Waals surface area contributed by atoms with Gasteiger partial charge in [0.05, 0.1) is 12.6 Å². The zero-order chi connectivity index (χ0) is 33.9. The number of benzene rings is 2. The van der Waals surface area contributed by atoms with E-state index in [9.17, 15) is 29.1 Å². The van der Waals surface area contributed by atoms with E-state index >= 15 is 0 Å². The van der Waals surface area contributed by atoms with Gasteiger partial charge >= 0.3 is 0 Å². The molecule has 2 fully saturated rings. The summed E-state index contributed by atoms with van der Waals surface area (Å²) < 4.78 is 0. The standard InChI is InChI=1S/C35H48N6O6/c1-3-9-28(38-32(44)27(36)20-25-14-16-26(42)17-15-25)33(45)39-29(21-24-11-5-4-6-12-24)35(47)41-19-8-13-30(41)34(46)37-22-31(43)40-18-7-10-23(40)2/h4-6,11-12,14-17,23,27-30,42H,3,7-10,13,18-22,36H2,1-2H3,(H,37,46)(H,38,44)(H,39,45)/t23-,27+,28+,29+,30+/m1/s1. The Kier molecular flexibility index (Phi) is 12.7. The molecule has 0 spiro atoms. The highest BCUT2D eigenvalue weighted by Gasteiger charge is 2.39. The summed E-state index contributed by atoms with van der Waals surface area (Å²) in [6.07, 6.45) is 4.26. The molecule has 0 aliphatic carbocycles. The predicted molar refractivity (Wildman–Crippen MR) is 177 cm³/mol. The van der Waals surface area contributed by atoms with Crippen LogP contribution in [0.15, 0.2) is 54.6 Å². The van der Waals surface area contributed by atoms with Gasteiger partial charge in [0.25, 0.3) is 0 Å². The number of amides is 5. The number of likely N-dealkylation sites (tertiary alicyclic amines) is 2. The van der Waals surface area contributed by atoms with E-state index in [1.165, 1.54) is 17.0 Å². The van der Waals surface area contributed by atoms with Crippen LogP contribution < -0.4 is 21.7 Å². The van der Waals surface area contributed by atoms with Gasteiger partial charge in [0.1, 0.15) is 23.9 Å². The monoisotopic (exact) mass is 648 g/mol. The summed E-state index contributed by atoms with van der Waals surface area (Å²) in [5.74, 6) is -1.84. The topological polar surface area (TPSA) is 174 Å². The Labute approximate surface area is 276 Å². The van der Waals surface area contributed by atoms with Gasteiger partial charge in [-0.15, -0.1) is 0 Å². The van der Waals surface area contributed by atoms with Crippen molar-refractivity contribution in [3.05, 3.63) is 65.7 Å². The summed E-state index contributed by atoms with van der Waals surface area (Å²) in [6.45, 7) is 4.77. The number of nitrogens with zero attached hydrogens (tertiary/aromatic N) is 2. The lowest BCUT2D eigenvalue weighted by Gasteiger charge is -2.30. The van der Waals surface area contributed by atoms with Crippen molar-refractivity contribution < 1.29 is 29.1 Å². The molecule has 5 atom stereocenters. The van der Waals surface area contributed by atoms with Crippen LogP contribution in [0.2, 0.25) is 0 Å². The summed E-state index contributed by atoms with van der Waals surface area (Å²) in [7, 11) is 0. The predicted octanol–water partition coefficient (Wildman–Crippen LogP) is 1.39. The van der Waals surface area contributed by atoms with E-state index in [0.29, 0.717) is 38.8 Å². The first-order valence-electron chi connectivity index (χ1n) is 16.6. The van der Waals surface area contributed by atoms with E-state index in [0.717, 1.165) is 24.0 Å². The van der Waals surface area contributed by atoms with Crippen LogP contribution in [0.3, 0.4) is 0 Å². The molecule has 0 unspecified atom stereocenters. The number of aromatic hydroxyl groups is 1. The fraction of sp³-hybridized carbons (Fsp3) is 0.514. The van der Waals surface area contributed by atoms with Crippen molar-refractivity contribution in [2.24, 2.45) is 5.73 Å². The lowest BCUT2D eigenvalue weighted by molar-refractivity contribution is -0.142. The molecule has 2 aromatic carbocycles. The number of phenolic OH excluding ortho intramolecular Hbond substituents is 1. The number of nitrogens with one attached hydrogen (secondary N) is 3. The second kappa shape index (κ2) is 16.9. The van der Waals surface area contributed by atoms with Crippen LogP contribution in [0.25, 0.3) is 0 Å². The van der Waals surface area contributed by atoms with Crippen molar-refractivity contribution in [2.45, 2.75) is 95.4 Å². The highest BCUT2D eigenvalue weighted by Crippen LogP contribution is 2.21. The fourth-order valence-electron chi connectivity index (χ4n) is 6.33. The third-order valence-electron chi connectivity index (χ3n) is 8.96. The van der Waals surface area contributed by atoms with E-state index in [2.05, 4.69) is 16.0 Å². The first kappa shape index (κ1) is 35.4. The van der Waals surface area contributed by atoms with E-state index < -0.39 is 41.9 Å². The lowest BCUT2D eigenvalue weighted by atomic mass is 10.0. The van der Waals surface area contributed by atoms with Gasteiger partial charge in [-0.1, -0.05) is 55.8 Å². The maximum absolute atomic E-state index is 14.1. The van der Waals surface area contributed by atoms with Crippen LogP contribution in [-0.4, -0.2) is 94.3 Å². The maximum atomic E-state index is 14.1. The van der Waals surface area contributed by atoms with Crippen LogP contribution >= 0.6 is 0 Å². The second-order valence-corrected chi connectivity index (χ2v) is 12.6. The molecule has 2 saturated heterocycles. The van der Waals surface area contributed by atoms with Gasteiger partial charge in [-0.05, 0) is 68.7 Å². The molecular weight excluding hydrogens is 600 g/mol. The minimum Gasteiger partial charge on any atom is -0.508 e. The highest BCUT2D eigenvalue weighted by atomic mass is 16.3. The Morgan fingerprint density at radius 2 is 1.49 bits per heavy atom. The van der Waals surface area contributed by atoms with Gasteiger partial charge in [0.15, 0.2) is 0 Å². The van der Waals surface area contributed by atoms with Crippen molar-refractivity contribution in [3.63, 3.8) is 0 Å². The summed E-state index contributed by atoms with van der Waals surface area (Å²) in [5.41, 5.74) is 7.75. The van der Waals surface area contributed by atoms with Gasteiger partial charge in [-0.2, -0.15) is 0 Å². The molecule has 2 aliphatic rings. The Bertz CT molecular complexity index is 1390. The smallest absolute Gasteiger partial charge is 0.246 e. The summed E-state index contributed by atoms with van der Waals surface area (Å²) >= 11 is 0. The van der Waals surface area contributed by atoms with Crippen LogP contribution in [0.1, 0.15) is 63.5 Å². The summed E-state index contributed by atoms with van der Waals surface area (Å²) in [5, 5.41) is 17.9. The summed E-state index contributed by atoms with van der Waals surface area (Å²) in [6, 6.07) is 12.2. The van der Waals surface area contributed by atoms with Crippen molar-refractivity contribution in [2.75, 3.05) is 19.6 Å². The number of phenols is 1. The number of nitrogens with two attached hydrogens (primary N) is 1. The van der Waals surface area contributed by atoms with Gasteiger partial charge in [-0.3, -0.25) is 24.0 Å². The van der Waals surface area contributed by atoms with Crippen LogP contribution in [0.5, 0.6) is 5.75 Å². The third-order valence-corrected chi connectivity index (χ3v) is 8.96. The molecule has 0 saturated carbocycles. The molecule has 4 rings (SSSR count). The van der Waals surface area contributed by atoms with Crippen molar-refractivity contribution in [1.82, 2.24) is 25.8 Å². The van der Waals surface area contributed by atoms with Crippen LogP contribution in [0.4, 0.5) is 0 Å². The normalized spacial score (nSPS) is 19.5. The fourth-order valence-corrected chi connectivity index (χ4v) is 6.33. The summed E-state index contributed by atoms with van der Waals surface area (Å²) in [4.78, 5) is 70.0. The molecule has 254 valence electrons. The highest BCUT2D eigenvalue weighted by molar-refractivity contribution is 5.96. The van der Waals surface area contributed by atoms with E-state index in [-0.39, 0.29) is 43.0 Å². The molecule has 0 bridgehead atoms. The number of carbonyl (C=O) groups excluding carboxylic acids is 5. The van der Waals surface area contributed by atoms with Crippen molar-refractivity contribution in [3.8, 4) is 5.75 Å². The molecular formula is C35H48N6O6. The molecule has 0 radical (unpaired) electrons. The largest absolute Gasteiger partial charge is 0.508 e. The van der Waals surface area contributed by atoms with E-state index in [1.807, 2.05) is 44.2 Å². The third kappa shape index (κ3) is 9.77. The van der Waals surface area contributed by atoms with Crippen molar-refractivity contribution in [1.29, 1.82) is 0 Å². The molecule has 2 aliphatic heterocycles. The molecule has 2 heterocycles. The SMILES string of the molecule is CCC[C@H](NC(=O)[C@@H](N)Cc1ccc(O)cc1)C(=O)N[C@@H](Cc1ccccc1)C(=O)N1CCC[C@H]1C(=O)NCC(=O)N1CCC[C@H]1C. The van der Waals surface area contributed by atoms with Gasteiger partial charge in [-0.25, -0.2) is 0 Å². The molecule has 12 heteroatoms. The van der Waals surface area contributed by atoms with E-state index in [4.69, 9.17) is 5.73 Å². The molecule has 5 amide bonds. The zero-order valence-corrected chi connectivity index (χ0v) is 27.3. The maximum Gasteiger partial charge on any atom is 0.246 e.